The summed E-state index contributed by atoms with van der Waals surface area (Å²) < 4.78 is 28.1. The van der Waals surface area contributed by atoms with Crippen molar-refractivity contribution in [2.45, 2.75) is 63.4 Å². The number of carbonyl (C=O) groups excluding carboxylic acids is 2. The third-order valence-corrected chi connectivity index (χ3v) is 8.48. The lowest BCUT2D eigenvalue weighted by Gasteiger charge is -2.33. The van der Waals surface area contributed by atoms with E-state index in [4.69, 9.17) is 0 Å². The molecule has 2 amide bonds. The van der Waals surface area contributed by atoms with Gasteiger partial charge < -0.3 is 10.2 Å². The van der Waals surface area contributed by atoms with Crippen LogP contribution in [-0.2, 0) is 32.6 Å². The topological polar surface area (TPSA) is 86.8 Å². The van der Waals surface area contributed by atoms with E-state index in [0.29, 0.717) is 25.2 Å². The molecule has 7 nitrogen and oxygen atoms in total. The molecule has 2 aromatic rings. The number of nitrogens with one attached hydrogen (secondary N) is 1. The first kappa shape index (κ1) is 23.4. The molecule has 0 bridgehead atoms. The second kappa shape index (κ2) is 9.65. The third-order valence-electron chi connectivity index (χ3n) is 6.47. The first-order chi connectivity index (χ1) is 15.8. The number of carbonyl (C=O) groups is 2. The second-order valence-electron chi connectivity index (χ2n) is 9.00. The van der Waals surface area contributed by atoms with Crippen LogP contribution in [0, 0.1) is 6.92 Å². The van der Waals surface area contributed by atoms with Crippen molar-refractivity contribution >= 4 is 27.5 Å². The molecule has 2 aliphatic heterocycles. The van der Waals surface area contributed by atoms with Gasteiger partial charge in [0.25, 0.3) is 0 Å². The average Bonchev–Trinajstić information content (AvgIpc) is 2.79. The molecule has 0 radical (unpaired) electrons. The normalized spacial score (nSPS) is 19.3. The maximum atomic E-state index is 13.2. The van der Waals surface area contributed by atoms with E-state index in [-0.39, 0.29) is 35.7 Å². The highest BCUT2D eigenvalue weighted by molar-refractivity contribution is 7.89. The van der Waals surface area contributed by atoms with E-state index in [9.17, 15) is 18.0 Å². The van der Waals surface area contributed by atoms with E-state index in [2.05, 4.69) is 5.32 Å². The maximum absolute atomic E-state index is 13.2. The lowest BCUT2D eigenvalue weighted by Crippen LogP contribution is -2.43. The van der Waals surface area contributed by atoms with E-state index >= 15 is 0 Å². The zero-order chi connectivity index (χ0) is 23.6. The van der Waals surface area contributed by atoms with Crippen LogP contribution in [0.3, 0.4) is 0 Å². The summed E-state index contributed by atoms with van der Waals surface area (Å²) in [7, 11) is -3.59. The minimum absolute atomic E-state index is 0.0186. The zero-order valence-electron chi connectivity index (χ0n) is 19.2. The fraction of sp³-hybridized carbons (Fsp3) is 0.440. The van der Waals surface area contributed by atoms with Gasteiger partial charge in [-0.2, -0.15) is 4.31 Å². The van der Waals surface area contributed by atoms with Crippen LogP contribution in [0.15, 0.2) is 47.4 Å². The van der Waals surface area contributed by atoms with Gasteiger partial charge in [-0.3, -0.25) is 9.59 Å². The Morgan fingerprint density at radius 3 is 2.70 bits per heavy atom. The number of anilines is 1. The summed E-state index contributed by atoms with van der Waals surface area (Å²) in [6.45, 7) is 4.78. The van der Waals surface area contributed by atoms with Gasteiger partial charge in [0.05, 0.1) is 4.90 Å². The Kier molecular flexibility index (Phi) is 6.86. The van der Waals surface area contributed by atoms with Gasteiger partial charge >= 0.3 is 0 Å². The number of hydrogen-bond acceptors (Lipinski definition) is 4. The monoisotopic (exact) mass is 469 g/mol. The second-order valence-corrected chi connectivity index (χ2v) is 10.9. The first-order valence-corrected chi connectivity index (χ1v) is 13.0. The van der Waals surface area contributed by atoms with Crippen molar-refractivity contribution in [3.63, 3.8) is 0 Å². The smallest absolute Gasteiger partial charge is 0.243 e. The first-order valence-electron chi connectivity index (χ1n) is 11.5. The number of amides is 2. The fourth-order valence-electron chi connectivity index (χ4n) is 4.66. The molecule has 33 heavy (non-hydrogen) atoms. The molecule has 1 unspecified atom stereocenters. The minimum Gasteiger partial charge on any atom is -0.350 e. The van der Waals surface area contributed by atoms with Crippen molar-refractivity contribution in [2.24, 2.45) is 0 Å². The van der Waals surface area contributed by atoms with Gasteiger partial charge in [0, 0.05) is 31.2 Å². The number of piperidine rings is 1. The Labute approximate surface area is 195 Å². The summed E-state index contributed by atoms with van der Waals surface area (Å²) in [6.07, 6.45) is 3.50. The fourth-order valence-corrected chi connectivity index (χ4v) is 6.41. The summed E-state index contributed by atoms with van der Waals surface area (Å²) in [5.74, 6) is -0.384. The van der Waals surface area contributed by atoms with Crippen molar-refractivity contribution in [3.8, 4) is 0 Å². The van der Waals surface area contributed by atoms with Crippen LogP contribution in [0.1, 0.15) is 49.3 Å². The average molecular weight is 470 g/mol. The summed E-state index contributed by atoms with van der Waals surface area (Å²) in [6, 6.07) is 12.8. The van der Waals surface area contributed by atoms with Crippen LogP contribution < -0.4 is 10.2 Å². The van der Waals surface area contributed by atoms with E-state index in [1.54, 1.807) is 22.5 Å². The summed E-state index contributed by atoms with van der Waals surface area (Å²) in [5, 5.41) is 2.87. The highest BCUT2D eigenvalue weighted by atomic mass is 32.2. The molecule has 1 saturated heterocycles. The number of hydrogen-bond donors (Lipinski definition) is 1. The van der Waals surface area contributed by atoms with Crippen LogP contribution >= 0.6 is 0 Å². The summed E-state index contributed by atoms with van der Waals surface area (Å²) in [4.78, 5) is 26.9. The predicted molar refractivity (Wildman–Crippen MR) is 127 cm³/mol. The van der Waals surface area contributed by atoms with Crippen molar-refractivity contribution in [1.82, 2.24) is 9.62 Å². The highest BCUT2D eigenvalue weighted by Crippen LogP contribution is 2.32. The van der Waals surface area contributed by atoms with Crippen LogP contribution in [0.2, 0.25) is 0 Å². The summed E-state index contributed by atoms with van der Waals surface area (Å²) >= 11 is 0. The molecule has 0 saturated carbocycles. The van der Waals surface area contributed by atoms with Gasteiger partial charge in [0.2, 0.25) is 21.8 Å². The van der Waals surface area contributed by atoms with Crippen LogP contribution in [-0.4, -0.2) is 43.7 Å². The molecule has 0 aromatic heterocycles. The van der Waals surface area contributed by atoms with Crippen molar-refractivity contribution in [1.29, 1.82) is 0 Å². The lowest BCUT2D eigenvalue weighted by molar-refractivity contribution is -0.124. The molecule has 176 valence electrons. The van der Waals surface area contributed by atoms with Gasteiger partial charge in [-0.25, -0.2) is 8.42 Å². The van der Waals surface area contributed by atoms with Gasteiger partial charge in [0.15, 0.2) is 0 Å². The van der Waals surface area contributed by atoms with E-state index in [1.807, 2.05) is 38.1 Å². The van der Waals surface area contributed by atoms with Crippen molar-refractivity contribution in [3.05, 3.63) is 59.2 Å². The quantitative estimate of drug-likeness (QED) is 0.704. The Morgan fingerprint density at radius 1 is 1.12 bits per heavy atom. The Morgan fingerprint density at radius 2 is 1.94 bits per heavy atom. The van der Waals surface area contributed by atoms with Crippen molar-refractivity contribution in [2.75, 3.05) is 18.0 Å². The van der Waals surface area contributed by atoms with Gasteiger partial charge in [-0.1, -0.05) is 36.2 Å². The van der Waals surface area contributed by atoms with E-state index in [1.165, 1.54) is 4.90 Å². The van der Waals surface area contributed by atoms with Gasteiger partial charge in [0.1, 0.15) is 6.54 Å². The number of nitrogens with zero attached hydrogens (tertiary/aromatic N) is 2. The molecule has 0 aliphatic carbocycles. The number of benzene rings is 2. The standard InChI is InChI=1S/C25H31N3O4S/c1-18-6-5-8-20(14-18)16-26-24(29)17-27-23-11-10-22(15-21(23)9-12-25(27)30)33(31,32)28-13-4-3-7-19(28)2/h5-6,8,10-11,14-15,19H,3-4,7,9,12-13,16-17H2,1-2H3,(H,26,29). The number of aryl methyl sites for hydroxylation is 2. The Bertz CT molecular complexity index is 1160. The molecule has 0 spiro atoms. The van der Waals surface area contributed by atoms with E-state index < -0.39 is 10.0 Å². The molecule has 1 atom stereocenters. The molecule has 2 aromatic carbocycles. The maximum Gasteiger partial charge on any atom is 0.243 e. The van der Waals surface area contributed by atoms with Gasteiger partial charge in [-0.05, 0) is 62.4 Å². The molecule has 2 heterocycles. The molecule has 4 rings (SSSR count). The van der Waals surface area contributed by atoms with Crippen LogP contribution in [0.5, 0.6) is 0 Å². The molecule has 1 N–H and O–H groups in total. The van der Waals surface area contributed by atoms with Gasteiger partial charge in [-0.15, -0.1) is 0 Å². The number of sulfonamides is 1. The molecular weight excluding hydrogens is 438 g/mol. The largest absolute Gasteiger partial charge is 0.350 e. The lowest BCUT2D eigenvalue weighted by atomic mass is 10.0. The van der Waals surface area contributed by atoms with Crippen molar-refractivity contribution < 1.29 is 18.0 Å². The number of rotatable bonds is 6. The predicted octanol–water partition coefficient (Wildman–Crippen LogP) is 3.15. The van der Waals surface area contributed by atoms with Crippen LogP contribution in [0.25, 0.3) is 0 Å². The third kappa shape index (κ3) is 5.12. The highest BCUT2D eigenvalue weighted by Gasteiger charge is 2.33. The summed E-state index contributed by atoms with van der Waals surface area (Å²) in [5.41, 5.74) is 3.51. The van der Waals surface area contributed by atoms with Crippen LogP contribution in [0.4, 0.5) is 5.69 Å². The molecule has 2 aliphatic rings. The molecule has 1 fully saturated rings. The zero-order valence-corrected chi connectivity index (χ0v) is 20.0. The minimum atomic E-state index is -3.59. The molecule has 8 heteroatoms. The Balaban J connectivity index is 1.50. The SMILES string of the molecule is Cc1cccc(CNC(=O)CN2C(=O)CCc3cc(S(=O)(=O)N4CCCCC4C)ccc32)c1. The number of fused-ring (bicyclic) bond motifs is 1. The van der Waals surface area contributed by atoms with E-state index in [0.717, 1.165) is 36.0 Å². The Hall–Kier alpha value is -2.71. The molecular formula is C25H31N3O4S.